The number of hydrogen-bond acceptors (Lipinski definition) is 3. The summed E-state index contributed by atoms with van der Waals surface area (Å²) in [6.07, 6.45) is 0. The van der Waals surface area contributed by atoms with Gasteiger partial charge in [0.25, 0.3) is 0 Å². The number of rotatable bonds is 7. The van der Waals surface area contributed by atoms with E-state index in [-0.39, 0.29) is 25.0 Å². The predicted octanol–water partition coefficient (Wildman–Crippen LogP) is 1.41. The number of hydrogen-bond donors (Lipinski definition) is 2. The highest BCUT2D eigenvalue weighted by Gasteiger charge is 2.16. The minimum atomic E-state index is -0.926. The molecular formula is C15H22N2O3. The van der Waals surface area contributed by atoms with Crippen LogP contribution in [0.15, 0.2) is 24.3 Å². The van der Waals surface area contributed by atoms with Crippen molar-refractivity contribution in [1.29, 1.82) is 0 Å². The summed E-state index contributed by atoms with van der Waals surface area (Å²) in [5, 5.41) is 11.6. The minimum Gasteiger partial charge on any atom is -0.480 e. The molecule has 0 aromatic heterocycles. The van der Waals surface area contributed by atoms with Gasteiger partial charge in [0.2, 0.25) is 5.91 Å². The van der Waals surface area contributed by atoms with Crippen LogP contribution in [0, 0.1) is 6.92 Å². The number of carboxylic acid groups (broad SMARTS) is 1. The number of nitrogens with zero attached hydrogens (tertiary/aromatic N) is 1. The van der Waals surface area contributed by atoms with Crippen molar-refractivity contribution in [3.05, 3.63) is 35.4 Å². The van der Waals surface area contributed by atoms with E-state index in [1.54, 1.807) is 4.90 Å². The van der Waals surface area contributed by atoms with Gasteiger partial charge in [0.05, 0.1) is 13.1 Å². The van der Waals surface area contributed by atoms with E-state index in [9.17, 15) is 9.59 Å². The second-order valence-corrected chi connectivity index (χ2v) is 5.16. The van der Waals surface area contributed by atoms with Crippen molar-refractivity contribution in [2.45, 2.75) is 33.4 Å². The summed E-state index contributed by atoms with van der Waals surface area (Å²) in [5.41, 5.74) is 2.18. The highest BCUT2D eigenvalue weighted by molar-refractivity contribution is 5.79. The van der Waals surface area contributed by atoms with Gasteiger partial charge in [0.1, 0.15) is 0 Å². The number of nitrogens with one attached hydrogen (secondary N) is 1. The lowest BCUT2D eigenvalue weighted by Gasteiger charge is -2.23. The molecule has 1 rings (SSSR count). The fourth-order valence-corrected chi connectivity index (χ4v) is 1.86. The molecule has 0 saturated heterocycles. The molecule has 0 radical (unpaired) electrons. The topological polar surface area (TPSA) is 69.6 Å². The molecule has 0 unspecified atom stereocenters. The Morgan fingerprint density at radius 2 is 2.00 bits per heavy atom. The molecule has 0 atom stereocenters. The van der Waals surface area contributed by atoms with Crippen molar-refractivity contribution >= 4 is 11.9 Å². The fourth-order valence-electron chi connectivity index (χ4n) is 1.86. The van der Waals surface area contributed by atoms with E-state index >= 15 is 0 Å². The number of benzene rings is 1. The summed E-state index contributed by atoms with van der Waals surface area (Å²) >= 11 is 0. The monoisotopic (exact) mass is 278 g/mol. The van der Waals surface area contributed by atoms with Gasteiger partial charge in [-0.2, -0.15) is 0 Å². The van der Waals surface area contributed by atoms with E-state index in [1.807, 2.05) is 45.0 Å². The van der Waals surface area contributed by atoms with Crippen LogP contribution in [0.2, 0.25) is 0 Å². The van der Waals surface area contributed by atoms with E-state index in [1.165, 1.54) is 0 Å². The van der Waals surface area contributed by atoms with Gasteiger partial charge in [-0.05, 0) is 26.3 Å². The molecule has 110 valence electrons. The zero-order valence-electron chi connectivity index (χ0n) is 12.2. The van der Waals surface area contributed by atoms with Crippen molar-refractivity contribution in [3.8, 4) is 0 Å². The van der Waals surface area contributed by atoms with Crippen LogP contribution in [0.5, 0.6) is 0 Å². The summed E-state index contributed by atoms with van der Waals surface area (Å²) in [5.74, 6) is -1.09. The molecule has 0 heterocycles. The average Bonchev–Trinajstić information content (AvgIpc) is 2.35. The standard InChI is InChI=1S/C15H22N2O3/c1-11(2)17(10-15(19)20)9-14(18)16-8-13-6-4-5-12(3)7-13/h4-7,11H,8-10H2,1-3H3,(H,16,18)(H,19,20). The SMILES string of the molecule is Cc1cccc(CNC(=O)CN(CC(=O)O)C(C)C)c1. The minimum absolute atomic E-state index is 0.0100. The van der Waals surface area contributed by atoms with Gasteiger partial charge in [0, 0.05) is 12.6 Å². The van der Waals surface area contributed by atoms with E-state index < -0.39 is 5.97 Å². The van der Waals surface area contributed by atoms with E-state index in [2.05, 4.69) is 5.32 Å². The number of carbonyl (C=O) groups excluding carboxylic acids is 1. The first-order valence-corrected chi connectivity index (χ1v) is 6.66. The van der Waals surface area contributed by atoms with Crippen LogP contribution in [0.25, 0.3) is 0 Å². The molecule has 0 spiro atoms. The van der Waals surface area contributed by atoms with Gasteiger partial charge in [0.15, 0.2) is 0 Å². The van der Waals surface area contributed by atoms with Crippen LogP contribution in [0.4, 0.5) is 0 Å². The van der Waals surface area contributed by atoms with Gasteiger partial charge in [-0.1, -0.05) is 29.8 Å². The third kappa shape index (κ3) is 5.84. The lowest BCUT2D eigenvalue weighted by Crippen LogP contribution is -2.43. The summed E-state index contributed by atoms with van der Waals surface area (Å²) in [4.78, 5) is 24.2. The maximum atomic E-state index is 11.9. The Morgan fingerprint density at radius 1 is 1.30 bits per heavy atom. The highest BCUT2D eigenvalue weighted by atomic mass is 16.4. The van der Waals surface area contributed by atoms with Gasteiger partial charge in [-0.3, -0.25) is 14.5 Å². The summed E-state index contributed by atoms with van der Waals surface area (Å²) in [6.45, 7) is 6.16. The molecule has 1 aromatic rings. The van der Waals surface area contributed by atoms with Crippen LogP contribution in [0.3, 0.4) is 0 Å². The van der Waals surface area contributed by atoms with Crippen molar-refractivity contribution in [2.75, 3.05) is 13.1 Å². The first-order valence-electron chi connectivity index (χ1n) is 6.66. The number of amides is 1. The maximum absolute atomic E-state index is 11.9. The Hall–Kier alpha value is -1.88. The molecular weight excluding hydrogens is 256 g/mol. The van der Waals surface area contributed by atoms with Crippen LogP contribution in [-0.2, 0) is 16.1 Å². The number of carbonyl (C=O) groups is 2. The molecule has 5 nitrogen and oxygen atoms in total. The summed E-state index contributed by atoms with van der Waals surface area (Å²) < 4.78 is 0. The molecule has 0 fully saturated rings. The quantitative estimate of drug-likeness (QED) is 0.791. The maximum Gasteiger partial charge on any atom is 0.317 e. The fraction of sp³-hybridized carbons (Fsp3) is 0.467. The van der Waals surface area contributed by atoms with E-state index in [0.29, 0.717) is 6.54 Å². The van der Waals surface area contributed by atoms with Gasteiger partial charge >= 0.3 is 5.97 Å². The Balaban J connectivity index is 2.47. The first kappa shape index (κ1) is 16.2. The summed E-state index contributed by atoms with van der Waals surface area (Å²) in [7, 11) is 0. The molecule has 0 aliphatic rings. The third-order valence-electron chi connectivity index (χ3n) is 2.99. The van der Waals surface area contributed by atoms with Gasteiger partial charge < -0.3 is 10.4 Å². The highest BCUT2D eigenvalue weighted by Crippen LogP contribution is 2.03. The Morgan fingerprint density at radius 3 is 2.55 bits per heavy atom. The van der Waals surface area contributed by atoms with Crippen LogP contribution in [-0.4, -0.2) is 41.0 Å². The lowest BCUT2D eigenvalue weighted by atomic mass is 10.1. The third-order valence-corrected chi connectivity index (χ3v) is 2.99. The molecule has 1 aromatic carbocycles. The van der Waals surface area contributed by atoms with Crippen molar-refractivity contribution in [1.82, 2.24) is 10.2 Å². The average molecular weight is 278 g/mol. The normalized spacial score (nSPS) is 10.8. The van der Waals surface area contributed by atoms with Crippen molar-refractivity contribution < 1.29 is 14.7 Å². The molecule has 0 aliphatic carbocycles. The summed E-state index contributed by atoms with van der Waals surface area (Å²) in [6, 6.07) is 7.92. The zero-order chi connectivity index (χ0) is 15.1. The van der Waals surface area contributed by atoms with Gasteiger partial charge in [-0.25, -0.2) is 0 Å². The first-order chi connectivity index (χ1) is 9.38. The Labute approximate surface area is 119 Å². The van der Waals surface area contributed by atoms with Crippen molar-refractivity contribution in [2.24, 2.45) is 0 Å². The van der Waals surface area contributed by atoms with Crippen LogP contribution < -0.4 is 5.32 Å². The number of carboxylic acids is 1. The lowest BCUT2D eigenvalue weighted by molar-refractivity contribution is -0.139. The molecule has 0 aliphatic heterocycles. The second kappa shape index (κ2) is 7.65. The number of aryl methyl sites for hydroxylation is 1. The van der Waals surface area contributed by atoms with E-state index in [4.69, 9.17) is 5.11 Å². The predicted molar refractivity (Wildman–Crippen MR) is 77.4 cm³/mol. The molecule has 20 heavy (non-hydrogen) atoms. The Bertz CT molecular complexity index is 472. The van der Waals surface area contributed by atoms with Crippen LogP contribution in [0.1, 0.15) is 25.0 Å². The largest absolute Gasteiger partial charge is 0.480 e. The molecule has 5 heteroatoms. The molecule has 0 bridgehead atoms. The molecule has 0 saturated carbocycles. The second-order valence-electron chi connectivity index (χ2n) is 5.16. The zero-order valence-corrected chi connectivity index (χ0v) is 12.2. The smallest absolute Gasteiger partial charge is 0.317 e. The van der Waals surface area contributed by atoms with Crippen LogP contribution >= 0.6 is 0 Å². The Kier molecular flexibility index (Phi) is 6.18. The van der Waals surface area contributed by atoms with E-state index in [0.717, 1.165) is 11.1 Å². The molecule has 1 amide bonds. The van der Waals surface area contributed by atoms with Crippen molar-refractivity contribution in [3.63, 3.8) is 0 Å². The number of aliphatic carboxylic acids is 1. The van der Waals surface area contributed by atoms with Gasteiger partial charge in [-0.15, -0.1) is 0 Å². The molecule has 2 N–H and O–H groups in total.